The topological polar surface area (TPSA) is 29.5 Å². The minimum absolute atomic E-state index is 0.196. The number of ether oxygens (including phenoxy) is 1. The smallest absolute Gasteiger partial charge is 0.410 e. The van der Waals surface area contributed by atoms with E-state index in [1.165, 1.54) is 16.0 Å². The van der Waals surface area contributed by atoms with E-state index in [1.807, 2.05) is 59.5 Å². The van der Waals surface area contributed by atoms with Crippen LogP contribution in [-0.4, -0.2) is 17.5 Å². The summed E-state index contributed by atoms with van der Waals surface area (Å²) >= 11 is 1.79. The molecule has 1 heterocycles. The van der Waals surface area contributed by atoms with Crippen LogP contribution in [0.2, 0.25) is 0 Å². The highest BCUT2D eigenvalue weighted by Crippen LogP contribution is 2.40. The standard InChI is InChI=1S/C23H21NO2S/c25-23(26-17-18-9-3-1-4-10-18)24-15-19-11-7-8-14-21(19)22(16-24)27-20-12-5-2-6-13-20/h1-14,22H,15-17H2. The zero-order valence-electron chi connectivity index (χ0n) is 15.0. The largest absolute Gasteiger partial charge is 0.445 e. The summed E-state index contributed by atoms with van der Waals surface area (Å²) in [4.78, 5) is 15.7. The first-order valence-electron chi connectivity index (χ1n) is 9.05. The third-order valence-corrected chi connectivity index (χ3v) is 5.87. The molecule has 0 spiro atoms. The number of amides is 1. The van der Waals surface area contributed by atoms with E-state index in [-0.39, 0.29) is 11.3 Å². The van der Waals surface area contributed by atoms with Crippen LogP contribution in [-0.2, 0) is 17.9 Å². The van der Waals surface area contributed by atoms with Crippen molar-refractivity contribution in [1.29, 1.82) is 0 Å². The lowest BCUT2D eigenvalue weighted by Gasteiger charge is -2.33. The number of hydrogen-bond donors (Lipinski definition) is 0. The van der Waals surface area contributed by atoms with Gasteiger partial charge in [0.05, 0.1) is 5.25 Å². The van der Waals surface area contributed by atoms with Crippen molar-refractivity contribution in [2.75, 3.05) is 6.54 Å². The molecule has 0 aromatic heterocycles. The zero-order valence-corrected chi connectivity index (χ0v) is 15.8. The summed E-state index contributed by atoms with van der Waals surface area (Å²) in [5, 5.41) is 0.196. The average Bonchev–Trinajstić information content (AvgIpc) is 2.73. The Morgan fingerprint density at radius 3 is 2.37 bits per heavy atom. The monoisotopic (exact) mass is 375 g/mol. The van der Waals surface area contributed by atoms with Gasteiger partial charge in [0.25, 0.3) is 0 Å². The molecule has 0 radical (unpaired) electrons. The number of carbonyl (C=O) groups is 1. The molecule has 0 N–H and O–H groups in total. The fourth-order valence-corrected chi connectivity index (χ4v) is 4.53. The number of rotatable bonds is 4. The summed E-state index contributed by atoms with van der Waals surface area (Å²) in [7, 11) is 0. The van der Waals surface area contributed by atoms with E-state index in [0.717, 1.165) is 5.56 Å². The van der Waals surface area contributed by atoms with Crippen molar-refractivity contribution in [3.05, 3.63) is 102 Å². The molecule has 3 aromatic rings. The van der Waals surface area contributed by atoms with Crippen molar-refractivity contribution in [3.63, 3.8) is 0 Å². The molecule has 1 atom stereocenters. The molecule has 0 saturated carbocycles. The van der Waals surface area contributed by atoms with E-state index in [9.17, 15) is 4.79 Å². The minimum atomic E-state index is -0.257. The van der Waals surface area contributed by atoms with Gasteiger partial charge in [0.15, 0.2) is 0 Å². The fourth-order valence-electron chi connectivity index (χ4n) is 3.27. The van der Waals surface area contributed by atoms with Crippen LogP contribution in [0.4, 0.5) is 4.79 Å². The van der Waals surface area contributed by atoms with Gasteiger partial charge >= 0.3 is 6.09 Å². The maximum Gasteiger partial charge on any atom is 0.410 e. The van der Waals surface area contributed by atoms with E-state index in [1.54, 1.807) is 11.8 Å². The maximum absolute atomic E-state index is 12.7. The van der Waals surface area contributed by atoms with Crippen LogP contribution in [0.1, 0.15) is 21.9 Å². The second kappa shape index (κ2) is 8.31. The summed E-state index contributed by atoms with van der Waals surface area (Å²) in [6.07, 6.45) is -0.257. The molecule has 0 saturated heterocycles. The SMILES string of the molecule is O=C(OCc1ccccc1)N1Cc2ccccc2C(Sc2ccccc2)C1. The van der Waals surface area contributed by atoms with Gasteiger partial charge in [0.1, 0.15) is 6.61 Å². The van der Waals surface area contributed by atoms with Crippen LogP contribution >= 0.6 is 11.8 Å². The Kier molecular flexibility index (Phi) is 5.45. The lowest BCUT2D eigenvalue weighted by molar-refractivity contribution is 0.0915. The molecule has 1 amide bonds. The first-order chi connectivity index (χ1) is 13.3. The number of hydrogen-bond acceptors (Lipinski definition) is 3. The van der Waals surface area contributed by atoms with Crippen molar-refractivity contribution in [2.24, 2.45) is 0 Å². The van der Waals surface area contributed by atoms with Gasteiger partial charge in [0.2, 0.25) is 0 Å². The predicted octanol–water partition coefficient (Wildman–Crippen LogP) is 5.67. The molecule has 3 aromatic carbocycles. The van der Waals surface area contributed by atoms with Gasteiger partial charge in [-0.1, -0.05) is 72.8 Å². The van der Waals surface area contributed by atoms with Crippen LogP contribution in [0.5, 0.6) is 0 Å². The molecular formula is C23H21NO2S. The van der Waals surface area contributed by atoms with Crippen molar-refractivity contribution in [3.8, 4) is 0 Å². The predicted molar refractivity (Wildman–Crippen MR) is 109 cm³/mol. The van der Waals surface area contributed by atoms with Gasteiger partial charge in [-0.2, -0.15) is 0 Å². The van der Waals surface area contributed by atoms with Gasteiger partial charge in [-0.05, 0) is 28.8 Å². The summed E-state index contributed by atoms with van der Waals surface area (Å²) in [6, 6.07) is 28.5. The molecule has 1 unspecified atom stereocenters. The van der Waals surface area contributed by atoms with Gasteiger partial charge in [0, 0.05) is 18.0 Å². The number of nitrogens with zero attached hydrogens (tertiary/aromatic N) is 1. The van der Waals surface area contributed by atoms with Crippen LogP contribution in [0.25, 0.3) is 0 Å². The maximum atomic E-state index is 12.7. The van der Waals surface area contributed by atoms with E-state index >= 15 is 0 Å². The Morgan fingerprint density at radius 1 is 0.926 bits per heavy atom. The Balaban J connectivity index is 1.49. The van der Waals surface area contributed by atoms with Crippen molar-refractivity contribution in [1.82, 2.24) is 4.90 Å². The Morgan fingerprint density at radius 2 is 1.59 bits per heavy atom. The molecule has 0 bridgehead atoms. The van der Waals surface area contributed by atoms with Crippen molar-refractivity contribution >= 4 is 17.9 Å². The molecule has 4 rings (SSSR count). The molecule has 27 heavy (non-hydrogen) atoms. The summed E-state index contributed by atoms with van der Waals surface area (Å²) < 4.78 is 5.56. The molecule has 0 aliphatic carbocycles. The molecule has 3 nitrogen and oxygen atoms in total. The molecule has 136 valence electrons. The van der Waals surface area contributed by atoms with E-state index in [4.69, 9.17) is 4.74 Å². The van der Waals surface area contributed by atoms with Crippen LogP contribution in [0.15, 0.2) is 89.8 Å². The van der Waals surface area contributed by atoms with Crippen molar-refractivity contribution in [2.45, 2.75) is 23.3 Å². The number of carbonyl (C=O) groups excluding carboxylic acids is 1. The lowest BCUT2D eigenvalue weighted by Crippen LogP contribution is -2.37. The second-order valence-corrected chi connectivity index (χ2v) is 7.82. The first-order valence-corrected chi connectivity index (χ1v) is 9.93. The molecule has 0 fully saturated rings. The second-order valence-electron chi connectivity index (χ2n) is 6.54. The van der Waals surface area contributed by atoms with E-state index < -0.39 is 0 Å². The lowest BCUT2D eigenvalue weighted by atomic mass is 10.00. The van der Waals surface area contributed by atoms with Crippen molar-refractivity contribution < 1.29 is 9.53 Å². The number of benzene rings is 3. The van der Waals surface area contributed by atoms with Gasteiger partial charge < -0.3 is 9.64 Å². The highest BCUT2D eigenvalue weighted by molar-refractivity contribution is 7.99. The zero-order chi connectivity index (χ0) is 18.5. The molecule has 1 aliphatic heterocycles. The van der Waals surface area contributed by atoms with E-state index in [2.05, 4.69) is 30.3 Å². The average molecular weight is 375 g/mol. The molecule has 1 aliphatic rings. The third kappa shape index (κ3) is 4.34. The van der Waals surface area contributed by atoms with E-state index in [0.29, 0.717) is 19.7 Å². The first kappa shape index (κ1) is 17.7. The third-order valence-electron chi connectivity index (χ3n) is 4.63. The normalized spacial score (nSPS) is 15.9. The highest BCUT2D eigenvalue weighted by Gasteiger charge is 2.29. The Bertz CT molecular complexity index is 899. The van der Waals surface area contributed by atoms with Crippen LogP contribution in [0, 0.1) is 0 Å². The summed E-state index contributed by atoms with van der Waals surface area (Å²) in [5.41, 5.74) is 3.49. The summed E-state index contributed by atoms with van der Waals surface area (Å²) in [6.45, 7) is 1.54. The summed E-state index contributed by atoms with van der Waals surface area (Å²) in [5.74, 6) is 0. The number of thioether (sulfide) groups is 1. The van der Waals surface area contributed by atoms with Gasteiger partial charge in [-0.15, -0.1) is 11.8 Å². The highest BCUT2D eigenvalue weighted by atomic mass is 32.2. The Labute approximate surface area is 164 Å². The van der Waals surface area contributed by atoms with Crippen LogP contribution < -0.4 is 0 Å². The number of fused-ring (bicyclic) bond motifs is 1. The molecule has 4 heteroatoms. The van der Waals surface area contributed by atoms with Crippen LogP contribution in [0.3, 0.4) is 0 Å². The molecular weight excluding hydrogens is 354 g/mol. The van der Waals surface area contributed by atoms with Gasteiger partial charge in [-0.25, -0.2) is 4.79 Å². The fraction of sp³-hybridized carbons (Fsp3) is 0.174. The van der Waals surface area contributed by atoms with Gasteiger partial charge in [-0.3, -0.25) is 0 Å². The Hall–Kier alpha value is -2.72. The minimum Gasteiger partial charge on any atom is -0.445 e. The quantitative estimate of drug-likeness (QED) is 0.588.